The Morgan fingerprint density at radius 2 is 2.12 bits per heavy atom. The van der Waals surface area contributed by atoms with Crippen molar-refractivity contribution in [3.8, 4) is 5.75 Å². The maximum atomic E-state index is 10.6. The Morgan fingerprint density at radius 1 is 1.41 bits per heavy atom. The molecule has 1 aromatic rings. The first-order valence-corrected chi connectivity index (χ1v) is 7.16. The van der Waals surface area contributed by atoms with Crippen LogP contribution in [-0.4, -0.2) is 34.8 Å². The van der Waals surface area contributed by atoms with E-state index in [9.17, 15) is 5.11 Å². The predicted molar refractivity (Wildman–Crippen MR) is 68.6 cm³/mol. The van der Waals surface area contributed by atoms with Gasteiger partial charge in [0.25, 0.3) is 0 Å². The maximum absolute atomic E-state index is 10.6. The minimum Gasteiger partial charge on any atom is -0.484 e. The normalized spacial score (nSPS) is 32.2. The van der Waals surface area contributed by atoms with Gasteiger partial charge in [0.2, 0.25) is 0 Å². The smallest absolute Gasteiger partial charge is 0.135 e. The number of aliphatic hydroxyl groups excluding tert-OH is 1. The number of hydrogen-bond donors (Lipinski definition) is 1. The number of aliphatic hydroxyl groups is 1. The van der Waals surface area contributed by atoms with Gasteiger partial charge in [-0.05, 0) is 51.2 Å². The van der Waals surface area contributed by atoms with Gasteiger partial charge in [0.05, 0.1) is 10.9 Å². The maximum Gasteiger partial charge on any atom is 0.135 e. The van der Waals surface area contributed by atoms with Gasteiger partial charge in [0.1, 0.15) is 17.5 Å². The van der Waals surface area contributed by atoms with Crippen molar-refractivity contribution in [2.75, 3.05) is 13.1 Å². The lowest BCUT2D eigenvalue weighted by Gasteiger charge is -2.44. The van der Waals surface area contributed by atoms with Gasteiger partial charge >= 0.3 is 0 Å². The molecule has 2 aliphatic heterocycles. The van der Waals surface area contributed by atoms with Crippen LogP contribution >= 0.6 is 11.3 Å². The highest BCUT2D eigenvalue weighted by atomic mass is 32.1. The van der Waals surface area contributed by atoms with E-state index >= 15 is 0 Å². The molecule has 3 nitrogen and oxygen atoms in total. The van der Waals surface area contributed by atoms with Crippen molar-refractivity contribution in [2.24, 2.45) is 0 Å². The molecule has 2 unspecified atom stereocenters. The van der Waals surface area contributed by atoms with Gasteiger partial charge in [-0.15, -0.1) is 11.3 Å². The van der Waals surface area contributed by atoms with Crippen LogP contribution in [0.2, 0.25) is 0 Å². The van der Waals surface area contributed by atoms with E-state index in [4.69, 9.17) is 4.74 Å². The van der Waals surface area contributed by atoms with E-state index in [0.717, 1.165) is 18.8 Å². The zero-order chi connectivity index (χ0) is 12.0. The van der Waals surface area contributed by atoms with Gasteiger partial charge in [-0.2, -0.15) is 0 Å². The van der Waals surface area contributed by atoms with Crippen LogP contribution in [0, 0.1) is 0 Å². The van der Waals surface area contributed by atoms with Crippen molar-refractivity contribution in [2.45, 2.75) is 44.4 Å². The van der Waals surface area contributed by atoms with Crippen molar-refractivity contribution in [1.29, 1.82) is 0 Å². The van der Waals surface area contributed by atoms with E-state index < -0.39 is 11.7 Å². The van der Waals surface area contributed by atoms with Gasteiger partial charge in [-0.25, -0.2) is 0 Å². The average Bonchev–Trinajstić information content (AvgIpc) is 2.89. The van der Waals surface area contributed by atoms with Crippen LogP contribution < -0.4 is 4.74 Å². The number of fused-ring (bicyclic) bond motifs is 1. The molecule has 17 heavy (non-hydrogen) atoms. The van der Waals surface area contributed by atoms with E-state index in [2.05, 4.69) is 10.3 Å². The summed E-state index contributed by atoms with van der Waals surface area (Å²) >= 11 is 1.70. The fourth-order valence-corrected chi connectivity index (χ4v) is 3.84. The molecule has 1 saturated heterocycles. The van der Waals surface area contributed by atoms with Crippen molar-refractivity contribution in [3.05, 3.63) is 16.3 Å². The van der Waals surface area contributed by atoms with Crippen molar-refractivity contribution >= 4 is 11.3 Å². The van der Waals surface area contributed by atoms with Crippen molar-refractivity contribution in [1.82, 2.24) is 4.90 Å². The predicted octanol–water partition coefficient (Wildman–Crippen LogP) is 2.42. The highest BCUT2D eigenvalue weighted by molar-refractivity contribution is 7.10. The summed E-state index contributed by atoms with van der Waals surface area (Å²) < 4.78 is 5.90. The van der Waals surface area contributed by atoms with Crippen LogP contribution in [0.5, 0.6) is 5.75 Å². The molecule has 3 rings (SSSR count). The molecule has 0 amide bonds. The quantitative estimate of drug-likeness (QED) is 0.834. The van der Waals surface area contributed by atoms with Gasteiger partial charge in [0, 0.05) is 0 Å². The summed E-state index contributed by atoms with van der Waals surface area (Å²) in [6.45, 7) is 6.13. The summed E-state index contributed by atoms with van der Waals surface area (Å²) in [7, 11) is 0. The molecule has 3 heterocycles. The van der Waals surface area contributed by atoms with Crippen molar-refractivity contribution in [3.63, 3.8) is 0 Å². The first kappa shape index (κ1) is 11.5. The lowest BCUT2D eigenvalue weighted by Crippen LogP contribution is -2.52. The minimum atomic E-state index is -0.499. The minimum absolute atomic E-state index is 0.122. The zero-order valence-corrected chi connectivity index (χ0v) is 11.2. The Hall–Kier alpha value is -0.580. The molecule has 2 aliphatic rings. The van der Waals surface area contributed by atoms with Crippen LogP contribution in [0.25, 0.3) is 0 Å². The molecule has 1 N–H and O–H groups in total. The number of ether oxygens (including phenoxy) is 1. The molecule has 0 aromatic carbocycles. The van der Waals surface area contributed by atoms with Gasteiger partial charge in [0.15, 0.2) is 0 Å². The second kappa shape index (κ2) is 3.97. The number of likely N-dealkylation sites (tertiary alicyclic amines) is 1. The molecule has 0 radical (unpaired) electrons. The highest BCUT2D eigenvalue weighted by Gasteiger charge is 2.46. The third-order valence-corrected chi connectivity index (χ3v) is 4.81. The number of thiophene rings is 1. The van der Waals surface area contributed by atoms with E-state index in [1.807, 2.05) is 19.9 Å². The fraction of sp³-hybridized carbons (Fsp3) is 0.692. The van der Waals surface area contributed by atoms with E-state index in [0.29, 0.717) is 0 Å². The molecular weight excluding hydrogens is 234 g/mol. The van der Waals surface area contributed by atoms with Crippen LogP contribution in [0.3, 0.4) is 0 Å². The zero-order valence-electron chi connectivity index (χ0n) is 10.3. The van der Waals surface area contributed by atoms with E-state index in [-0.39, 0.29) is 6.04 Å². The topological polar surface area (TPSA) is 32.7 Å². The lowest BCUT2D eigenvalue weighted by atomic mass is 9.90. The Labute approximate surface area is 106 Å². The summed E-state index contributed by atoms with van der Waals surface area (Å²) in [5.41, 5.74) is -0.499. The molecule has 4 heteroatoms. The second-order valence-electron chi connectivity index (χ2n) is 5.49. The molecule has 1 fully saturated rings. The highest BCUT2D eigenvalue weighted by Crippen LogP contribution is 2.46. The SMILES string of the molecule is CC1(C)Oc2ccsc2C(N2CCCC2)C1O. The lowest BCUT2D eigenvalue weighted by molar-refractivity contribution is -0.0877. The van der Waals surface area contributed by atoms with E-state index in [1.165, 1.54) is 17.7 Å². The van der Waals surface area contributed by atoms with Crippen LogP contribution in [0.15, 0.2) is 11.4 Å². The first-order valence-electron chi connectivity index (χ1n) is 6.28. The summed E-state index contributed by atoms with van der Waals surface area (Å²) in [6.07, 6.45) is 2.03. The number of hydrogen-bond acceptors (Lipinski definition) is 4. The second-order valence-corrected chi connectivity index (χ2v) is 6.44. The molecular formula is C13H19NO2S. The van der Waals surface area contributed by atoms with Gasteiger partial charge in [-0.3, -0.25) is 4.90 Å². The molecule has 0 aliphatic carbocycles. The standard InChI is InChI=1S/C13H19NO2S/c1-13(2)12(15)10(14-6-3-4-7-14)11-9(16-13)5-8-17-11/h5,8,10,12,15H,3-4,6-7H2,1-2H3. The Kier molecular flexibility index (Phi) is 2.69. The van der Waals surface area contributed by atoms with Crippen molar-refractivity contribution < 1.29 is 9.84 Å². The molecule has 1 aromatic heterocycles. The van der Waals surface area contributed by atoms with Crippen LogP contribution in [0.1, 0.15) is 37.6 Å². The van der Waals surface area contributed by atoms with E-state index in [1.54, 1.807) is 11.3 Å². The molecule has 2 atom stereocenters. The van der Waals surface area contributed by atoms with Gasteiger partial charge < -0.3 is 9.84 Å². The summed E-state index contributed by atoms with van der Waals surface area (Å²) in [4.78, 5) is 3.60. The average molecular weight is 253 g/mol. The Morgan fingerprint density at radius 3 is 2.82 bits per heavy atom. The molecule has 94 valence electrons. The summed E-state index contributed by atoms with van der Waals surface area (Å²) in [5.74, 6) is 0.960. The third kappa shape index (κ3) is 1.79. The third-order valence-electron chi connectivity index (χ3n) is 3.84. The fourth-order valence-electron chi connectivity index (χ4n) is 2.86. The molecule has 0 bridgehead atoms. The first-order chi connectivity index (χ1) is 8.09. The largest absolute Gasteiger partial charge is 0.484 e. The van der Waals surface area contributed by atoms with Crippen LogP contribution in [0.4, 0.5) is 0 Å². The monoisotopic (exact) mass is 253 g/mol. The van der Waals surface area contributed by atoms with Gasteiger partial charge in [-0.1, -0.05) is 0 Å². The number of nitrogens with zero attached hydrogens (tertiary/aromatic N) is 1. The Bertz CT molecular complexity index is 409. The Balaban J connectivity index is 2.00. The summed E-state index contributed by atoms with van der Waals surface area (Å²) in [5, 5.41) is 12.6. The number of rotatable bonds is 1. The summed E-state index contributed by atoms with van der Waals surface area (Å²) in [6, 6.07) is 2.15. The molecule has 0 spiro atoms. The van der Waals surface area contributed by atoms with Crippen LogP contribution in [-0.2, 0) is 0 Å². The molecule has 0 saturated carbocycles.